The summed E-state index contributed by atoms with van der Waals surface area (Å²) in [5.74, 6) is -0.483. The molecule has 0 saturated carbocycles. The lowest BCUT2D eigenvalue weighted by atomic mass is 10.1. The van der Waals surface area contributed by atoms with Crippen LogP contribution >= 0.6 is 0 Å². The first-order valence-electron chi connectivity index (χ1n) is 9.13. The molecule has 1 N–H and O–H groups in total. The normalized spacial score (nSPS) is 29.1. The number of hydrogen-bond donors (Lipinski definition) is 1. The number of piperazine rings is 1. The summed E-state index contributed by atoms with van der Waals surface area (Å²) >= 11 is 0. The number of carboxylic acids is 1. The largest absolute Gasteiger partial charge is 0.480 e. The fourth-order valence-corrected chi connectivity index (χ4v) is 4.25. The second kappa shape index (κ2) is 6.22. The van der Waals surface area contributed by atoms with Gasteiger partial charge in [0.05, 0.1) is 0 Å². The van der Waals surface area contributed by atoms with Crippen molar-refractivity contribution in [2.24, 2.45) is 0 Å². The van der Waals surface area contributed by atoms with Crippen LogP contribution in [-0.4, -0.2) is 69.7 Å². The Hall–Kier alpha value is -2.10. The first kappa shape index (κ1) is 18.3. The zero-order valence-electron chi connectivity index (χ0n) is 15.1. The lowest BCUT2D eigenvalue weighted by molar-refractivity contribution is -0.143. The maximum absolute atomic E-state index is 13.4. The molecule has 1 aromatic rings. The lowest BCUT2D eigenvalue weighted by Crippen LogP contribution is -2.52. The van der Waals surface area contributed by atoms with Gasteiger partial charge in [-0.15, -0.1) is 0 Å². The Balaban J connectivity index is 1.61. The molecule has 0 spiro atoms. The predicted molar refractivity (Wildman–Crippen MR) is 91.8 cm³/mol. The molecule has 4 rings (SSSR count). The highest BCUT2D eigenvalue weighted by atomic mass is 19.4. The zero-order valence-corrected chi connectivity index (χ0v) is 15.1. The second-order valence-electron chi connectivity index (χ2n) is 7.65. The monoisotopic (exact) mass is 385 g/mol. The van der Waals surface area contributed by atoms with Crippen molar-refractivity contribution in [3.8, 4) is 0 Å². The number of aromatic nitrogens is 2. The lowest BCUT2D eigenvalue weighted by Gasteiger charge is -2.40. The molecule has 4 heterocycles. The molecule has 148 valence electrons. The molecule has 27 heavy (non-hydrogen) atoms. The van der Waals surface area contributed by atoms with Gasteiger partial charge in [0.25, 0.3) is 0 Å². The van der Waals surface area contributed by atoms with Crippen molar-refractivity contribution in [3.63, 3.8) is 0 Å². The number of anilines is 2. The first-order valence-corrected chi connectivity index (χ1v) is 9.13. The van der Waals surface area contributed by atoms with E-state index in [4.69, 9.17) is 0 Å². The number of rotatable bonds is 4. The maximum atomic E-state index is 13.4. The SMILES string of the molecule is CC1CCN1c1nc(N2C[C@H]3C[C@@H]2CN3C(C)C(=O)O)cc(C(F)(F)F)n1. The maximum Gasteiger partial charge on any atom is 0.433 e. The second-order valence-corrected chi connectivity index (χ2v) is 7.65. The fraction of sp³-hybridized carbons (Fsp3) is 0.706. The molecule has 3 fully saturated rings. The van der Waals surface area contributed by atoms with Crippen molar-refractivity contribution in [2.45, 2.75) is 57.0 Å². The number of nitrogens with zero attached hydrogens (tertiary/aromatic N) is 5. The van der Waals surface area contributed by atoms with Gasteiger partial charge in [0.1, 0.15) is 11.9 Å². The molecule has 0 amide bonds. The van der Waals surface area contributed by atoms with E-state index in [0.717, 1.165) is 18.9 Å². The van der Waals surface area contributed by atoms with Crippen LogP contribution in [0.2, 0.25) is 0 Å². The highest BCUT2D eigenvalue weighted by molar-refractivity contribution is 5.73. The molecular weight excluding hydrogens is 363 g/mol. The van der Waals surface area contributed by atoms with Crippen LogP contribution in [0.4, 0.5) is 24.9 Å². The van der Waals surface area contributed by atoms with Crippen molar-refractivity contribution in [1.29, 1.82) is 0 Å². The summed E-state index contributed by atoms with van der Waals surface area (Å²) < 4.78 is 40.1. The van der Waals surface area contributed by atoms with Gasteiger partial charge in [-0.1, -0.05) is 0 Å². The third kappa shape index (κ3) is 3.09. The van der Waals surface area contributed by atoms with E-state index in [9.17, 15) is 23.1 Å². The molecule has 3 aliphatic heterocycles. The van der Waals surface area contributed by atoms with Crippen LogP contribution in [-0.2, 0) is 11.0 Å². The molecule has 4 atom stereocenters. The smallest absolute Gasteiger partial charge is 0.433 e. The number of carboxylic acid groups (broad SMARTS) is 1. The molecule has 0 aliphatic carbocycles. The van der Waals surface area contributed by atoms with E-state index in [1.54, 1.807) is 11.8 Å². The zero-order chi connectivity index (χ0) is 19.5. The molecule has 2 unspecified atom stereocenters. The van der Waals surface area contributed by atoms with Crippen molar-refractivity contribution in [3.05, 3.63) is 11.8 Å². The molecule has 3 aliphatic rings. The van der Waals surface area contributed by atoms with Gasteiger partial charge in [0.2, 0.25) is 5.95 Å². The Kier molecular flexibility index (Phi) is 4.21. The third-order valence-electron chi connectivity index (χ3n) is 6.00. The molecule has 2 bridgehead atoms. The van der Waals surface area contributed by atoms with E-state index in [1.165, 1.54) is 0 Å². The van der Waals surface area contributed by atoms with Crippen LogP contribution in [0.25, 0.3) is 0 Å². The molecule has 7 nitrogen and oxygen atoms in total. The fourth-order valence-electron chi connectivity index (χ4n) is 4.25. The number of halogens is 3. The van der Waals surface area contributed by atoms with Crippen molar-refractivity contribution < 1.29 is 23.1 Å². The van der Waals surface area contributed by atoms with Crippen LogP contribution in [0.3, 0.4) is 0 Å². The van der Waals surface area contributed by atoms with Crippen molar-refractivity contribution in [2.75, 3.05) is 29.4 Å². The Morgan fingerprint density at radius 1 is 1.26 bits per heavy atom. The molecule has 0 radical (unpaired) electrons. The van der Waals surface area contributed by atoms with Gasteiger partial charge in [0, 0.05) is 43.8 Å². The summed E-state index contributed by atoms with van der Waals surface area (Å²) in [6.07, 6.45) is -2.90. The topological polar surface area (TPSA) is 72.8 Å². The molecule has 1 aromatic heterocycles. The van der Waals surface area contributed by atoms with Gasteiger partial charge in [-0.2, -0.15) is 18.2 Å². The summed E-state index contributed by atoms with van der Waals surface area (Å²) in [5.41, 5.74) is -0.930. The van der Waals surface area contributed by atoms with Gasteiger partial charge in [-0.05, 0) is 26.7 Å². The summed E-state index contributed by atoms with van der Waals surface area (Å²) in [5, 5.41) is 9.23. The van der Waals surface area contributed by atoms with Crippen molar-refractivity contribution >= 4 is 17.7 Å². The number of carbonyl (C=O) groups is 1. The van der Waals surface area contributed by atoms with E-state index in [2.05, 4.69) is 9.97 Å². The van der Waals surface area contributed by atoms with E-state index in [0.29, 0.717) is 19.6 Å². The summed E-state index contributed by atoms with van der Waals surface area (Å²) in [4.78, 5) is 25.0. The number of aliphatic carboxylic acids is 1. The number of alkyl halides is 3. The number of hydrogen-bond acceptors (Lipinski definition) is 6. The molecule has 10 heteroatoms. The highest BCUT2D eigenvalue weighted by Gasteiger charge is 2.47. The molecular formula is C17H22F3N5O2. The Morgan fingerprint density at radius 3 is 2.48 bits per heavy atom. The molecule has 3 saturated heterocycles. The average molecular weight is 385 g/mol. The first-order chi connectivity index (χ1) is 12.6. The van der Waals surface area contributed by atoms with Crippen LogP contribution in [0, 0.1) is 0 Å². The van der Waals surface area contributed by atoms with E-state index in [1.807, 2.05) is 16.7 Å². The van der Waals surface area contributed by atoms with Gasteiger partial charge in [-0.25, -0.2) is 4.98 Å². The van der Waals surface area contributed by atoms with E-state index < -0.39 is 23.9 Å². The van der Waals surface area contributed by atoms with Gasteiger partial charge >= 0.3 is 12.1 Å². The summed E-state index contributed by atoms with van der Waals surface area (Å²) in [6, 6.07) is 0.518. The standard InChI is InChI=1S/C17H22F3N5O2/c1-9-3-4-23(9)16-21-13(17(18,19)20)6-14(22-16)25-8-11-5-12(25)7-24(11)10(2)15(26)27/h6,9-12H,3-5,7-8H2,1-2H3,(H,26,27)/t9?,10?,11-,12-/m1/s1. The van der Waals surface area contributed by atoms with Gasteiger partial charge < -0.3 is 14.9 Å². The quantitative estimate of drug-likeness (QED) is 0.848. The Labute approximate surface area is 154 Å². The minimum absolute atomic E-state index is 0.0109. The predicted octanol–water partition coefficient (Wildman–Crippen LogP) is 1.83. The minimum Gasteiger partial charge on any atom is -0.480 e. The van der Waals surface area contributed by atoms with Crippen LogP contribution in [0.15, 0.2) is 6.07 Å². The highest BCUT2D eigenvalue weighted by Crippen LogP contribution is 2.38. The third-order valence-corrected chi connectivity index (χ3v) is 6.00. The van der Waals surface area contributed by atoms with E-state index >= 15 is 0 Å². The van der Waals surface area contributed by atoms with Gasteiger partial charge in [-0.3, -0.25) is 9.69 Å². The number of likely N-dealkylation sites (tertiary alicyclic amines) is 1. The minimum atomic E-state index is -4.54. The average Bonchev–Trinajstić information content (AvgIpc) is 3.19. The van der Waals surface area contributed by atoms with Crippen molar-refractivity contribution in [1.82, 2.24) is 14.9 Å². The Morgan fingerprint density at radius 2 is 2.00 bits per heavy atom. The summed E-state index contributed by atoms with van der Waals surface area (Å²) in [6.45, 7) is 5.22. The molecule has 0 aromatic carbocycles. The number of fused-ring (bicyclic) bond motifs is 2. The summed E-state index contributed by atoms with van der Waals surface area (Å²) in [7, 11) is 0. The van der Waals surface area contributed by atoms with E-state index in [-0.39, 0.29) is 29.9 Å². The van der Waals surface area contributed by atoms with Crippen LogP contribution in [0.1, 0.15) is 32.4 Å². The van der Waals surface area contributed by atoms with Crippen LogP contribution in [0.5, 0.6) is 0 Å². The Bertz CT molecular complexity index is 759. The van der Waals surface area contributed by atoms with Gasteiger partial charge in [0.15, 0.2) is 5.69 Å². The van der Waals surface area contributed by atoms with Crippen LogP contribution < -0.4 is 9.80 Å².